The van der Waals surface area contributed by atoms with E-state index in [0.29, 0.717) is 5.56 Å². The highest BCUT2D eigenvalue weighted by Crippen LogP contribution is 2.43. The zero-order valence-electron chi connectivity index (χ0n) is 15.9. The number of aliphatic hydroxyl groups is 1. The molecule has 4 rings (SSSR count). The Morgan fingerprint density at radius 3 is 2.45 bits per heavy atom. The number of likely N-dealkylation sites (tertiary alicyclic amines) is 1. The lowest BCUT2D eigenvalue weighted by atomic mass is 9.73. The molecule has 0 radical (unpaired) electrons. The van der Waals surface area contributed by atoms with Crippen molar-refractivity contribution in [3.05, 3.63) is 71.0 Å². The van der Waals surface area contributed by atoms with Crippen LogP contribution in [-0.2, 0) is 4.79 Å². The number of hydrogen-bond acceptors (Lipinski definition) is 3. The maximum absolute atomic E-state index is 13.7. The third-order valence-electron chi connectivity index (χ3n) is 5.95. The SMILES string of the molecule is N#C[C@H]1[C@@H](c2ccc(C#Cc3ccccc3F)cc2)[C@H](CO)N1C(=O)C1CCC1. The molecule has 0 unspecified atom stereocenters. The van der Waals surface area contributed by atoms with Crippen molar-refractivity contribution in [2.75, 3.05) is 6.61 Å². The third-order valence-corrected chi connectivity index (χ3v) is 5.95. The Kier molecular flexibility index (Phi) is 5.34. The van der Waals surface area contributed by atoms with Crippen LogP contribution < -0.4 is 0 Å². The van der Waals surface area contributed by atoms with Gasteiger partial charge in [0.1, 0.15) is 11.9 Å². The molecule has 4 nitrogen and oxygen atoms in total. The smallest absolute Gasteiger partial charge is 0.227 e. The molecule has 0 bridgehead atoms. The molecule has 2 fully saturated rings. The van der Waals surface area contributed by atoms with Crippen molar-refractivity contribution in [1.29, 1.82) is 5.26 Å². The largest absolute Gasteiger partial charge is 0.394 e. The van der Waals surface area contributed by atoms with Gasteiger partial charge in [-0.15, -0.1) is 0 Å². The Morgan fingerprint density at radius 1 is 1.14 bits per heavy atom. The van der Waals surface area contributed by atoms with Crippen molar-refractivity contribution in [1.82, 2.24) is 4.90 Å². The molecule has 0 spiro atoms. The van der Waals surface area contributed by atoms with Crippen molar-refractivity contribution in [3.63, 3.8) is 0 Å². The number of benzene rings is 2. The van der Waals surface area contributed by atoms with Crippen molar-refractivity contribution < 1.29 is 14.3 Å². The highest BCUT2D eigenvalue weighted by Gasteiger charge is 2.53. The number of nitrogens with zero attached hydrogens (tertiary/aromatic N) is 2. The predicted octanol–water partition coefficient (Wildman–Crippen LogP) is 3.20. The number of aliphatic hydroxyl groups excluding tert-OH is 1. The molecule has 2 aromatic carbocycles. The van der Waals surface area contributed by atoms with Gasteiger partial charge >= 0.3 is 0 Å². The summed E-state index contributed by atoms with van der Waals surface area (Å²) in [5.41, 5.74) is 1.96. The molecular weight excluding hydrogens is 367 g/mol. The second-order valence-corrected chi connectivity index (χ2v) is 7.57. The van der Waals surface area contributed by atoms with Crippen LogP contribution in [0.15, 0.2) is 48.5 Å². The molecule has 1 aliphatic carbocycles. The fourth-order valence-corrected chi connectivity index (χ4v) is 4.07. The highest BCUT2D eigenvalue weighted by molar-refractivity contribution is 5.82. The van der Waals surface area contributed by atoms with Gasteiger partial charge in [-0.25, -0.2) is 4.39 Å². The second kappa shape index (κ2) is 8.07. The van der Waals surface area contributed by atoms with Gasteiger partial charge in [0, 0.05) is 17.4 Å². The van der Waals surface area contributed by atoms with E-state index in [1.54, 1.807) is 23.1 Å². The van der Waals surface area contributed by atoms with Crippen molar-refractivity contribution in [3.8, 4) is 17.9 Å². The zero-order valence-corrected chi connectivity index (χ0v) is 15.9. The number of hydrogen-bond donors (Lipinski definition) is 1. The number of nitriles is 1. The van der Waals surface area contributed by atoms with Crippen LogP contribution in [0, 0.1) is 34.9 Å². The van der Waals surface area contributed by atoms with Crippen LogP contribution in [0.3, 0.4) is 0 Å². The topological polar surface area (TPSA) is 64.3 Å². The van der Waals surface area contributed by atoms with Crippen LogP contribution in [0.5, 0.6) is 0 Å². The molecule has 1 amide bonds. The summed E-state index contributed by atoms with van der Waals surface area (Å²) in [6.07, 6.45) is 2.78. The molecule has 2 aliphatic rings. The molecule has 29 heavy (non-hydrogen) atoms. The molecule has 1 heterocycles. The summed E-state index contributed by atoms with van der Waals surface area (Å²) in [5, 5.41) is 19.5. The number of halogens is 1. The fraction of sp³-hybridized carbons (Fsp3) is 0.333. The molecule has 0 aromatic heterocycles. The van der Waals surface area contributed by atoms with Gasteiger partial charge < -0.3 is 10.0 Å². The maximum atomic E-state index is 13.7. The van der Waals surface area contributed by atoms with E-state index >= 15 is 0 Å². The van der Waals surface area contributed by atoms with Crippen LogP contribution in [0.1, 0.15) is 41.9 Å². The quantitative estimate of drug-likeness (QED) is 0.822. The van der Waals surface area contributed by atoms with Gasteiger partial charge in [-0.1, -0.05) is 42.5 Å². The van der Waals surface area contributed by atoms with Crippen LogP contribution in [-0.4, -0.2) is 34.6 Å². The summed E-state index contributed by atoms with van der Waals surface area (Å²) in [5.74, 6) is 5.18. The summed E-state index contributed by atoms with van der Waals surface area (Å²) in [6.45, 7) is -0.170. The highest BCUT2D eigenvalue weighted by atomic mass is 19.1. The van der Waals surface area contributed by atoms with E-state index < -0.39 is 6.04 Å². The normalized spacial score (nSPS) is 23.2. The van der Waals surface area contributed by atoms with Gasteiger partial charge in [0.05, 0.1) is 24.3 Å². The molecule has 5 heteroatoms. The minimum Gasteiger partial charge on any atom is -0.394 e. The predicted molar refractivity (Wildman–Crippen MR) is 106 cm³/mol. The van der Waals surface area contributed by atoms with Crippen molar-refractivity contribution in [2.45, 2.75) is 37.3 Å². The summed E-state index contributed by atoms with van der Waals surface area (Å²) in [7, 11) is 0. The summed E-state index contributed by atoms with van der Waals surface area (Å²) in [6, 6.07) is 15.0. The van der Waals surface area contributed by atoms with E-state index in [9.17, 15) is 19.6 Å². The Labute approximate surface area is 169 Å². The fourth-order valence-electron chi connectivity index (χ4n) is 4.07. The molecule has 1 aliphatic heterocycles. The van der Waals surface area contributed by atoms with E-state index in [0.717, 1.165) is 30.4 Å². The number of amides is 1. The zero-order chi connectivity index (χ0) is 20.4. The Balaban J connectivity index is 1.52. The first-order chi connectivity index (χ1) is 14.1. The van der Waals surface area contributed by atoms with Crippen LogP contribution >= 0.6 is 0 Å². The standard InChI is InChI=1S/C24H21FN2O2/c25-20-7-2-1-4-17(20)11-8-16-9-12-18(13-10-16)23-21(14-26)27(22(23)15-28)24(29)19-5-3-6-19/h1-2,4,7,9-10,12-13,19,21-23,28H,3,5-6,15H2/t21-,22-,23+/m0/s1. The van der Waals surface area contributed by atoms with Gasteiger partial charge in [0.15, 0.2) is 0 Å². The first-order valence-corrected chi connectivity index (χ1v) is 9.83. The second-order valence-electron chi connectivity index (χ2n) is 7.57. The molecule has 1 saturated carbocycles. The Hall–Kier alpha value is -3.15. The van der Waals surface area contributed by atoms with Crippen molar-refractivity contribution in [2.24, 2.45) is 5.92 Å². The number of carbonyl (C=O) groups excluding carboxylic acids is 1. The average molecular weight is 388 g/mol. The summed E-state index contributed by atoms with van der Waals surface area (Å²) >= 11 is 0. The molecule has 146 valence electrons. The lowest BCUT2D eigenvalue weighted by Crippen LogP contribution is -2.66. The molecule has 1 saturated heterocycles. The van der Waals surface area contributed by atoms with E-state index in [1.807, 2.05) is 24.3 Å². The monoisotopic (exact) mass is 388 g/mol. The maximum Gasteiger partial charge on any atom is 0.227 e. The Morgan fingerprint density at radius 2 is 1.86 bits per heavy atom. The van der Waals surface area contributed by atoms with Gasteiger partial charge in [-0.05, 0) is 42.7 Å². The molecular formula is C24H21FN2O2. The minimum atomic E-state index is -0.560. The van der Waals surface area contributed by atoms with Crippen molar-refractivity contribution >= 4 is 5.91 Å². The third kappa shape index (κ3) is 3.50. The van der Waals surface area contributed by atoms with Gasteiger partial charge in [-0.2, -0.15) is 5.26 Å². The molecule has 2 aromatic rings. The summed E-state index contributed by atoms with van der Waals surface area (Å²) < 4.78 is 13.7. The molecule has 3 atom stereocenters. The van der Waals surface area contributed by atoms with E-state index in [-0.39, 0.29) is 36.2 Å². The van der Waals surface area contributed by atoms with E-state index in [1.165, 1.54) is 6.07 Å². The lowest BCUT2D eigenvalue weighted by Gasteiger charge is -2.53. The minimum absolute atomic E-state index is 0.00289. The first-order valence-electron chi connectivity index (χ1n) is 9.83. The lowest BCUT2D eigenvalue weighted by molar-refractivity contribution is -0.154. The van der Waals surface area contributed by atoms with Crippen LogP contribution in [0.4, 0.5) is 4.39 Å². The van der Waals surface area contributed by atoms with E-state index in [2.05, 4.69) is 17.9 Å². The van der Waals surface area contributed by atoms with Gasteiger partial charge in [-0.3, -0.25) is 4.79 Å². The van der Waals surface area contributed by atoms with Crippen LogP contribution in [0.25, 0.3) is 0 Å². The Bertz CT molecular complexity index is 1010. The first kappa shape index (κ1) is 19.2. The number of rotatable bonds is 3. The number of carbonyl (C=O) groups is 1. The average Bonchev–Trinajstić information content (AvgIpc) is 2.67. The summed E-state index contributed by atoms with van der Waals surface area (Å²) in [4.78, 5) is 14.2. The van der Waals surface area contributed by atoms with Gasteiger partial charge in [0.25, 0.3) is 0 Å². The van der Waals surface area contributed by atoms with E-state index in [4.69, 9.17) is 0 Å². The van der Waals surface area contributed by atoms with Crippen LogP contribution in [0.2, 0.25) is 0 Å². The van der Waals surface area contributed by atoms with Gasteiger partial charge in [0.2, 0.25) is 5.91 Å². The molecule has 1 N–H and O–H groups in total.